The van der Waals surface area contributed by atoms with Gasteiger partial charge in [-0.2, -0.15) is 4.98 Å². The first-order valence-corrected chi connectivity index (χ1v) is 5.35. The summed E-state index contributed by atoms with van der Waals surface area (Å²) in [6, 6.07) is 7.30. The van der Waals surface area contributed by atoms with Gasteiger partial charge in [-0.1, -0.05) is 28.9 Å². The van der Waals surface area contributed by atoms with Crippen molar-refractivity contribution in [1.29, 1.82) is 0 Å². The maximum atomic E-state index is 5.86. The number of aromatic nitrogens is 2. The highest BCUT2D eigenvalue weighted by atomic mass is 35.5. The van der Waals surface area contributed by atoms with E-state index in [0.29, 0.717) is 29.0 Å². The molecule has 78 valence electrons. The van der Waals surface area contributed by atoms with E-state index in [1.807, 2.05) is 12.1 Å². The van der Waals surface area contributed by atoms with Crippen LogP contribution >= 0.6 is 23.2 Å². The van der Waals surface area contributed by atoms with Crippen LogP contribution in [0.3, 0.4) is 0 Å². The topological polar surface area (TPSA) is 38.9 Å². The second-order valence-electron chi connectivity index (χ2n) is 2.96. The normalized spacial score (nSPS) is 10.5. The minimum atomic E-state index is 0.469. The highest BCUT2D eigenvalue weighted by Gasteiger charge is 2.07. The highest BCUT2D eigenvalue weighted by Crippen LogP contribution is 2.19. The van der Waals surface area contributed by atoms with Gasteiger partial charge in [-0.25, -0.2) is 0 Å². The van der Waals surface area contributed by atoms with Gasteiger partial charge in [0.2, 0.25) is 11.7 Å². The van der Waals surface area contributed by atoms with Crippen LogP contribution in [-0.4, -0.2) is 16.0 Å². The lowest BCUT2D eigenvalue weighted by molar-refractivity contribution is 0.383. The van der Waals surface area contributed by atoms with Gasteiger partial charge in [0.1, 0.15) is 0 Å². The molecule has 1 aromatic heterocycles. The first-order valence-electron chi connectivity index (χ1n) is 4.44. The number of nitrogens with zero attached hydrogens (tertiary/aromatic N) is 2. The Morgan fingerprint density at radius 3 is 2.93 bits per heavy atom. The van der Waals surface area contributed by atoms with Crippen molar-refractivity contribution in [2.45, 2.75) is 6.42 Å². The third kappa shape index (κ3) is 2.49. The monoisotopic (exact) mass is 242 g/mol. The predicted octanol–water partition coefficient (Wildman–Crippen LogP) is 3.17. The molecule has 0 aliphatic rings. The van der Waals surface area contributed by atoms with Crippen LogP contribution in [0.2, 0.25) is 5.02 Å². The Hall–Kier alpha value is -1.06. The van der Waals surface area contributed by atoms with E-state index in [0.717, 1.165) is 5.56 Å². The van der Waals surface area contributed by atoms with E-state index in [9.17, 15) is 0 Å². The summed E-state index contributed by atoms with van der Waals surface area (Å²) in [6.07, 6.45) is 0.578. The van der Waals surface area contributed by atoms with Crippen LogP contribution in [0.1, 0.15) is 5.89 Å². The average molecular weight is 243 g/mol. The highest BCUT2D eigenvalue weighted by molar-refractivity contribution is 6.30. The summed E-state index contributed by atoms with van der Waals surface area (Å²) in [5.74, 6) is 1.55. The first kappa shape index (κ1) is 10.5. The van der Waals surface area contributed by atoms with Gasteiger partial charge in [-0.3, -0.25) is 0 Å². The standard InChI is InChI=1S/C10H8Cl2N2O/c11-5-4-9-13-10(14-15-9)7-2-1-3-8(12)6-7/h1-3,6H,4-5H2. The zero-order chi connectivity index (χ0) is 10.7. The molecule has 15 heavy (non-hydrogen) atoms. The van der Waals surface area contributed by atoms with Gasteiger partial charge < -0.3 is 4.52 Å². The van der Waals surface area contributed by atoms with Gasteiger partial charge in [0.05, 0.1) is 0 Å². The molecule has 1 aromatic carbocycles. The van der Waals surface area contributed by atoms with E-state index in [1.165, 1.54) is 0 Å². The van der Waals surface area contributed by atoms with E-state index in [2.05, 4.69) is 10.1 Å². The largest absolute Gasteiger partial charge is 0.339 e. The Morgan fingerprint density at radius 1 is 1.33 bits per heavy atom. The second kappa shape index (κ2) is 4.64. The first-order chi connectivity index (χ1) is 7.29. The molecule has 2 aromatic rings. The van der Waals surface area contributed by atoms with Crippen LogP contribution in [0, 0.1) is 0 Å². The van der Waals surface area contributed by atoms with E-state index in [1.54, 1.807) is 12.1 Å². The van der Waals surface area contributed by atoms with Gasteiger partial charge >= 0.3 is 0 Å². The lowest BCUT2D eigenvalue weighted by Gasteiger charge is -1.93. The lowest BCUT2D eigenvalue weighted by atomic mass is 10.2. The molecule has 2 rings (SSSR count). The molecule has 0 radical (unpaired) electrons. The van der Waals surface area contributed by atoms with Crippen molar-refractivity contribution >= 4 is 23.2 Å². The number of hydrogen-bond acceptors (Lipinski definition) is 3. The van der Waals surface area contributed by atoms with Crippen molar-refractivity contribution in [3.63, 3.8) is 0 Å². The average Bonchev–Trinajstić information content (AvgIpc) is 2.67. The lowest BCUT2D eigenvalue weighted by Crippen LogP contribution is -1.85. The van der Waals surface area contributed by atoms with E-state index >= 15 is 0 Å². The van der Waals surface area contributed by atoms with Gasteiger partial charge in [-0.05, 0) is 12.1 Å². The number of aryl methyl sites for hydroxylation is 1. The van der Waals surface area contributed by atoms with E-state index < -0.39 is 0 Å². The third-order valence-corrected chi connectivity index (χ3v) is 2.28. The number of alkyl halides is 1. The fourth-order valence-electron chi connectivity index (χ4n) is 1.18. The van der Waals surface area contributed by atoms with Gasteiger partial charge in [-0.15, -0.1) is 11.6 Å². The van der Waals surface area contributed by atoms with Gasteiger partial charge in [0, 0.05) is 22.9 Å². The van der Waals surface area contributed by atoms with Crippen LogP contribution in [-0.2, 0) is 6.42 Å². The maximum absolute atomic E-state index is 5.86. The zero-order valence-corrected chi connectivity index (χ0v) is 9.29. The molecule has 0 unspecified atom stereocenters. The fraction of sp³-hybridized carbons (Fsp3) is 0.200. The van der Waals surface area contributed by atoms with E-state index in [4.69, 9.17) is 27.7 Å². The number of rotatable bonds is 3. The minimum Gasteiger partial charge on any atom is -0.339 e. The molecule has 0 fully saturated rings. The Balaban J connectivity index is 2.29. The molecule has 0 atom stereocenters. The molecule has 5 heteroatoms. The number of benzene rings is 1. The van der Waals surface area contributed by atoms with Gasteiger partial charge in [0.25, 0.3) is 0 Å². The molecule has 3 nitrogen and oxygen atoms in total. The molecule has 0 spiro atoms. The summed E-state index contributed by atoms with van der Waals surface area (Å²) in [7, 11) is 0. The Kier molecular flexibility index (Phi) is 3.23. The summed E-state index contributed by atoms with van der Waals surface area (Å²) in [4.78, 5) is 4.19. The zero-order valence-electron chi connectivity index (χ0n) is 7.78. The Morgan fingerprint density at radius 2 is 2.20 bits per heavy atom. The Labute approximate surface area is 97.0 Å². The summed E-state index contributed by atoms with van der Waals surface area (Å²) >= 11 is 11.4. The van der Waals surface area contributed by atoms with Crippen LogP contribution in [0.15, 0.2) is 28.8 Å². The van der Waals surface area contributed by atoms with Crippen molar-refractivity contribution in [3.8, 4) is 11.4 Å². The van der Waals surface area contributed by atoms with Crippen molar-refractivity contribution in [2.75, 3.05) is 5.88 Å². The predicted molar refractivity (Wildman–Crippen MR) is 59.2 cm³/mol. The van der Waals surface area contributed by atoms with Crippen molar-refractivity contribution < 1.29 is 4.52 Å². The van der Waals surface area contributed by atoms with Crippen LogP contribution in [0.25, 0.3) is 11.4 Å². The van der Waals surface area contributed by atoms with Crippen LogP contribution < -0.4 is 0 Å². The molecule has 0 N–H and O–H groups in total. The quantitative estimate of drug-likeness (QED) is 0.777. The summed E-state index contributed by atoms with van der Waals surface area (Å²) < 4.78 is 5.01. The molecule has 0 bridgehead atoms. The molecule has 1 heterocycles. The summed E-state index contributed by atoms with van der Waals surface area (Å²) in [6.45, 7) is 0. The maximum Gasteiger partial charge on any atom is 0.228 e. The SMILES string of the molecule is ClCCc1nc(-c2cccc(Cl)c2)no1. The molecule has 0 aliphatic carbocycles. The number of hydrogen-bond donors (Lipinski definition) is 0. The molecule has 0 aliphatic heterocycles. The third-order valence-electron chi connectivity index (χ3n) is 1.86. The number of halogens is 2. The molecular weight excluding hydrogens is 235 g/mol. The molecule has 0 saturated carbocycles. The molecular formula is C10H8Cl2N2O. The van der Waals surface area contributed by atoms with Crippen molar-refractivity contribution in [2.24, 2.45) is 0 Å². The minimum absolute atomic E-state index is 0.469. The van der Waals surface area contributed by atoms with Crippen molar-refractivity contribution in [1.82, 2.24) is 10.1 Å². The Bertz CT molecular complexity index is 456. The summed E-state index contributed by atoms with van der Waals surface area (Å²) in [5, 5.41) is 4.49. The summed E-state index contributed by atoms with van der Waals surface area (Å²) in [5.41, 5.74) is 0.840. The molecule has 0 saturated heterocycles. The smallest absolute Gasteiger partial charge is 0.228 e. The van der Waals surface area contributed by atoms with Crippen LogP contribution in [0.5, 0.6) is 0 Å². The van der Waals surface area contributed by atoms with E-state index in [-0.39, 0.29) is 0 Å². The van der Waals surface area contributed by atoms with Crippen LogP contribution in [0.4, 0.5) is 0 Å². The van der Waals surface area contributed by atoms with Gasteiger partial charge in [0.15, 0.2) is 0 Å². The fourth-order valence-corrected chi connectivity index (χ4v) is 1.53. The van der Waals surface area contributed by atoms with Crippen molar-refractivity contribution in [3.05, 3.63) is 35.2 Å². The second-order valence-corrected chi connectivity index (χ2v) is 3.78. The molecule has 0 amide bonds.